The molecule has 4 heteroatoms. The second-order valence-corrected chi connectivity index (χ2v) is 4.28. The summed E-state index contributed by atoms with van der Waals surface area (Å²) in [6.45, 7) is 1.51. The second kappa shape index (κ2) is 5.07. The van der Waals surface area contributed by atoms with Gasteiger partial charge in [-0.2, -0.15) is 0 Å². The number of carbonyl (C=O) groups excluding carboxylic acids is 1. The third kappa shape index (κ3) is 3.11. The molecule has 1 aromatic heterocycles. The Labute approximate surface area is 102 Å². The van der Waals surface area contributed by atoms with Gasteiger partial charge in [-0.3, -0.25) is 4.79 Å². The molecule has 0 spiro atoms. The monoisotopic (exact) mass is 245 g/mol. The van der Waals surface area contributed by atoms with E-state index in [1.165, 1.54) is 13.1 Å². The van der Waals surface area contributed by atoms with Gasteiger partial charge in [-0.25, -0.2) is 4.98 Å². The molecule has 0 aliphatic carbocycles. The van der Waals surface area contributed by atoms with Crippen LogP contribution in [-0.4, -0.2) is 10.8 Å². The van der Waals surface area contributed by atoms with Crippen LogP contribution >= 0.6 is 9.24 Å². The third-order valence-electron chi connectivity index (χ3n) is 2.25. The van der Waals surface area contributed by atoms with Crippen LogP contribution in [-0.2, 0) is 0 Å². The van der Waals surface area contributed by atoms with E-state index in [1.807, 2.05) is 24.3 Å². The highest BCUT2D eigenvalue weighted by molar-refractivity contribution is 7.27. The number of aromatic nitrogens is 1. The molecule has 1 aromatic carbocycles. The van der Waals surface area contributed by atoms with Gasteiger partial charge in [0.25, 0.3) is 0 Å². The lowest BCUT2D eigenvalue weighted by Crippen LogP contribution is -1.95. The number of Topliss-reactive ketones (excluding diaryl/α,β-unsaturated/α-hetero) is 1. The number of hydrogen-bond donors (Lipinski definition) is 0. The number of pyridine rings is 1. The van der Waals surface area contributed by atoms with Gasteiger partial charge in [0.1, 0.15) is 5.75 Å². The summed E-state index contributed by atoms with van der Waals surface area (Å²) in [5, 5.41) is 1.09. The van der Waals surface area contributed by atoms with Crippen molar-refractivity contribution >= 4 is 20.3 Å². The first-order chi connectivity index (χ1) is 8.15. The highest BCUT2D eigenvalue weighted by Gasteiger charge is 2.01. The Morgan fingerprint density at radius 2 is 1.88 bits per heavy atom. The molecule has 0 aliphatic rings. The van der Waals surface area contributed by atoms with Gasteiger partial charge in [-0.15, -0.1) is 9.24 Å². The maximum Gasteiger partial charge on any atom is 0.219 e. The lowest BCUT2D eigenvalue weighted by Gasteiger charge is -2.04. The Balaban J connectivity index is 2.13. The molecule has 1 unspecified atom stereocenters. The van der Waals surface area contributed by atoms with Crippen LogP contribution in [0.4, 0.5) is 0 Å². The molecule has 86 valence electrons. The van der Waals surface area contributed by atoms with Crippen molar-refractivity contribution in [1.29, 1.82) is 0 Å². The standard InChI is InChI=1S/C13H12NO2P/c1-9(15)10-2-7-13(14-8-10)16-11-3-5-12(17)6-4-11/h2-8H,17H2,1H3. The molecule has 2 aromatic rings. The van der Waals surface area contributed by atoms with Crippen molar-refractivity contribution in [3.05, 3.63) is 48.2 Å². The van der Waals surface area contributed by atoms with Gasteiger partial charge in [0.2, 0.25) is 5.88 Å². The summed E-state index contributed by atoms with van der Waals surface area (Å²) in [7, 11) is 2.61. The first kappa shape index (κ1) is 11.7. The predicted octanol–water partition coefficient (Wildman–Crippen LogP) is 2.58. The molecule has 1 atom stereocenters. The number of rotatable bonds is 3. The summed E-state index contributed by atoms with van der Waals surface area (Å²) in [6, 6.07) is 11.0. The van der Waals surface area contributed by atoms with Gasteiger partial charge in [0.15, 0.2) is 5.78 Å². The van der Waals surface area contributed by atoms with Gasteiger partial charge in [0, 0.05) is 17.8 Å². The van der Waals surface area contributed by atoms with Crippen LogP contribution in [0.15, 0.2) is 42.6 Å². The molecule has 0 amide bonds. The Hall–Kier alpha value is -1.73. The van der Waals surface area contributed by atoms with Crippen molar-refractivity contribution in [2.75, 3.05) is 0 Å². The number of hydrogen-bond acceptors (Lipinski definition) is 3. The first-order valence-electron chi connectivity index (χ1n) is 5.15. The zero-order valence-electron chi connectivity index (χ0n) is 9.38. The average molecular weight is 245 g/mol. The van der Waals surface area contributed by atoms with E-state index < -0.39 is 0 Å². The fourth-order valence-electron chi connectivity index (χ4n) is 1.31. The van der Waals surface area contributed by atoms with Gasteiger partial charge in [-0.05, 0) is 30.4 Å². The molecule has 1 heterocycles. The Morgan fingerprint density at radius 1 is 1.18 bits per heavy atom. The van der Waals surface area contributed by atoms with Crippen LogP contribution in [0, 0.1) is 0 Å². The second-order valence-electron chi connectivity index (χ2n) is 3.61. The SMILES string of the molecule is CC(=O)c1ccc(Oc2ccc(P)cc2)nc1. The molecule has 0 aliphatic heterocycles. The Morgan fingerprint density at radius 3 is 2.41 bits per heavy atom. The molecule has 0 fully saturated rings. The highest BCUT2D eigenvalue weighted by Crippen LogP contribution is 2.18. The van der Waals surface area contributed by atoms with Crippen LogP contribution in [0.1, 0.15) is 17.3 Å². The van der Waals surface area contributed by atoms with Crippen LogP contribution in [0.5, 0.6) is 11.6 Å². The van der Waals surface area contributed by atoms with E-state index in [-0.39, 0.29) is 5.78 Å². The molecule has 0 radical (unpaired) electrons. The largest absolute Gasteiger partial charge is 0.439 e. The minimum atomic E-state index is -0.00332. The van der Waals surface area contributed by atoms with E-state index >= 15 is 0 Å². The maximum absolute atomic E-state index is 11.1. The van der Waals surface area contributed by atoms with E-state index in [0.717, 1.165) is 11.1 Å². The third-order valence-corrected chi connectivity index (χ3v) is 2.63. The summed E-state index contributed by atoms with van der Waals surface area (Å²) >= 11 is 0. The molecule has 0 bridgehead atoms. The minimum absolute atomic E-state index is 0.00332. The van der Waals surface area contributed by atoms with Crippen molar-refractivity contribution in [3.63, 3.8) is 0 Å². The van der Waals surface area contributed by atoms with E-state index in [1.54, 1.807) is 12.1 Å². The molecule has 0 N–H and O–H groups in total. The lowest BCUT2D eigenvalue weighted by atomic mass is 10.2. The van der Waals surface area contributed by atoms with Crippen molar-refractivity contribution in [2.24, 2.45) is 0 Å². The summed E-state index contributed by atoms with van der Waals surface area (Å²) in [5.41, 5.74) is 0.581. The fraction of sp³-hybridized carbons (Fsp3) is 0.0769. The van der Waals surface area contributed by atoms with Crippen molar-refractivity contribution in [3.8, 4) is 11.6 Å². The minimum Gasteiger partial charge on any atom is -0.439 e. The fourth-order valence-corrected chi connectivity index (χ4v) is 1.50. The topological polar surface area (TPSA) is 39.2 Å². The Kier molecular flexibility index (Phi) is 3.50. The zero-order valence-corrected chi connectivity index (χ0v) is 10.5. The summed E-state index contributed by atoms with van der Waals surface area (Å²) < 4.78 is 5.54. The molecule has 0 saturated carbocycles. The van der Waals surface area contributed by atoms with E-state index in [2.05, 4.69) is 14.2 Å². The van der Waals surface area contributed by atoms with Gasteiger partial charge >= 0.3 is 0 Å². The quantitative estimate of drug-likeness (QED) is 0.616. The number of nitrogens with zero attached hydrogens (tertiary/aromatic N) is 1. The Bertz CT molecular complexity index is 520. The molecule has 17 heavy (non-hydrogen) atoms. The van der Waals surface area contributed by atoms with Gasteiger partial charge < -0.3 is 4.74 Å². The predicted molar refractivity (Wildman–Crippen MR) is 70.1 cm³/mol. The summed E-state index contributed by atoms with van der Waals surface area (Å²) in [4.78, 5) is 15.1. The van der Waals surface area contributed by atoms with Gasteiger partial charge in [-0.1, -0.05) is 12.1 Å². The first-order valence-corrected chi connectivity index (χ1v) is 5.73. The van der Waals surface area contributed by atoms with Crippen LogP contribution in [0.25, 0.3) is 0 Å². The highest BCUT2D eigenvalue weighted by atomic mass is 31.0. The summed E-state index contributed by atoms with van der Waals surface area (Å²) in [6.07, 6.45) is 1.52. The molecule has 3 nitrogen and oxygen atoms in total. The summed E-state index contributed by atoms with van der Waals surface area (Å²) in [5.74, 6) is 1.20. The maximum atomic E-state index is 11.1. The van der Waals surface area contributed by atoms with E-state index in [4.69, 9.17) is 4.74 Å². The number of carbonyl (C=O) groups is 1. The normalized spacial score (nSPS) is 10.0. The molecule has 2 rings (SSSR count). The molecule has 0 saturated heterocycles. The van der Waals surface area contributed by atoms with Crippen molar-refractivity contribution in [1.82, 2.24) is 4.98 Å². The van der Waals surface area contributed by atoms with Crippen molar-refractivity contribution in [2.45, 2.75) is 6.92 Å². The zero-order chi connectivity index (χ0) is 12.3. The van der Waals surface area contributed by atoms with Crippen LogP contribution < -0.4 is 10.0 Å². The molecular formula is C13H12NO2P. The van der Waals surface area contributed by atoms with E-state index in [0.29, 0.717) is 11.4 Å². The molecular weight excluding hydrogens is 233 g/mol. The van der Waals surface area contributed by atoms with Crippen LogP contribution in [0.2, 0.25) is 0 Å². The van der Waals surface area contributed by atoms with Crippen molar-refractivity contribution < 1.29 is 9.53 Å². The van der Waals surface area contributed by atoms with E-state index in [9.17, 15) is 4.79 Å². The number of ketones is 1. The van der Waals surface area contributed by atoms with Gasteiger partial charge in [0.05, 0.1) is 0 Å². The van der Waals surface area contributed by atoms with Crippen LogP contribution in [0.3, 0.4) is 0 Å². The average Bonchev–Trinajstić information content (AvgIpc) is 2.33. The number of benzene rings is 1. The smallest absolute Gasteiger partial charge is 0.219 e. The number of ether oxygens (including phenoxy) is 1. The lowest BCUT2D eigenvalue weighted by molar-refractivity contribution is 0.101.